The zero-order valence-electron chi connectivity index (χ0n) is 9.71. The summed E-state index contributed by atoms with van der Waals surface area (Å²) in [5, 5.41) is 5.74. The minimum Gasteiger partial charge on any atom is -0.378 e. The number of nitrogens with one attached hydrogen (secondary N) is 2. The fourth-order valence-electron chi connectivity index (χ4n) is 1.72. The fraction of sp³-hybridized carbons (Fsp3) is 0.417. The monoisotopic (exact) mass is 316 g/mol. The molecule has 0 aliphatic carbocycles. The first-order valence-corrected chi connectivity index (χ1v) is 6.49. The van der Waals surface area contributed by atoms with Gasteiger partial charge in [-0.05, 0) is 18.2 Å². The van der Waals surface area contributed by atoms with E-state index in [-0.39, 0.29) is 24.3 Å². The number of carbonyl (C=O) groups excluding carboxylic acids is 1. The summed E-state index contributed by atoms with van der Waals surface area (Å²) < 4.78 is 19.4. The SMILES string of the molecule is O=C(NCc1cc(Br)ccc1F)C1COCCN1. The molecule has 0 radical (unpaired) electrons. The first kappa shape index (κ1) is 13.5. The quantitative estimate of drug-likeness (QED) is 0.881. The molecule has 18 heavy (non-hydrogen) atoms. The maximum absolute atomic E-state index is 13.4. The molecular formula is C12H14BrFN2O2. The highest BCUT2D eigenvalue weighted by Crippen LogP contribution is 2.15. The van der Waals surface area contributed by atoms with Crippen LogP contribution < -0.4 is 10.6 Å². The average molecular weight is 317 g/mol. The van der Waals surface area contributed by atoms with Crippen LogP contribution in [0.2, 0.25) is 0 Å². The van der Waals surface area contributed by atoms with Crippen LogP contribution in [0.25, 0.3) is 0 Å². The standard InChI is InChI=1S/C12H14BrFN2O2/c13-9-1-2-10(14)8(5-9)6-16-12(17)11-7-18-4-3-15-11/h1-2,5,11,15H,3-4,6-7H2,(H,16,17). The van der Waals surface area contributed by atoms with E-state index in [0.717, 1.165) is 4.47 Å². The summed E-state index contributed by atoms with van der Waals surface area (Å²) in [6.45, 7) is 1.79. The van der Waals surface area contributed by atoms with Crippen molar-refractivity contribution in [3.8, 4) is 0 Å². The molecule has 1 amide bonds. The summed E-state index contributed by atoms with van der Waals surface area (Å²) in [5.41, 5.74) is 0.453. The Morgan fingerprint density at radius 1 is 1.61 bits per heavy atom. The number of rotatable bonds is 3. The number of hydrogen-bond donors (Lipinski definition) is 2. The minimum atomic E-state index is -0.353. The fourth-order valence-corrected chi connectivity index (χ4v) is 2.13. The van der Waals surface area contributed by atoms with Crippen LogP contribution in [0.5, 0.6) is 0 Å². The highest BCUT2D eigenvalue weighted by Gasteiger charge is 2.20. The van der Waals surface area contributed by atoms with Gasteiger partial charge in [0.05, 0.1) is 13.2 Å². The van der Waals surface area contributed by atoms with E-state index < -0.39 is 0 Å². The van der Waals surface area contributed by atoms with E-state index in [4.69, 9.17) is 4.74 Å². The zero-order chi connectivity index (χ0) is 13.0. The predicted molar refractivity (Wildman–Crippen MR) is 68.6 cm³/mol. The van der Waals surface area contributed by atoms with Gasteiger partial charge in [0.15, 0.2) is 0 Å². The van der Waals surface area contributed by atoms with Crippen LogP contribution in [-0.4, -0.2) is 31.7 Å². The Labute approximate surface area is 113 Å². The van der Waals surface area contributed by atoms with E-state index in [1.807, 2.05) is 0 Å². The Kier molecular flexibility index (Phi) is 4.68. The van der Waals surface area contributed by atoms with Crippen LogP contribution in [0.15, 0.2) is 22.7 Å². The average Bonchev–Trinajstić information content (AvgIpc) is 2.40. The Balaban J connectivity index is 1.90. The van der Waals surface area contributed by atoms with Gasteiger partial charge in [-0.15, -0.1) is 0 Å². The molecule has 6 heteroatoms. The Morgan fingerprint density at radius 2 is 2.44 bits per heavy atom. The third kappa shape index (κ3) is 3.51. The number of halogens is 2. The van der Waals surface area contributed by atoms with Crippen molar-refractivity contribution in [1.82, 2.24) is 10.6 Å². The maximum atomic E-state index is 13.4. The second kappa shape index (κ2) is 6.26. The molecule has 98 valence electrons. The van der Waals surface area contributed by atoms with E-state index in [0.29, 0.717) is 25.3 Å². The van der Waals surface area contributed by atoms with Crippen LogP contribution in [0, 0.1) is 5.82 Å². The van der Waals surface area contributed by atoms with Gasteiger partial charge in [0.25, 0.3) is 0 Å². The summed E-state index contributed by atoms with van der Waals surface area (Å²) in [4.78, 5) is 11.8. The molecule has 1 fully saturated rings. The van der Waals surface area contributed by atoms with Crippen LogP contribution in [-0.2, 0) is 16.1 Å². The molecule has 0 aromatic heterocycles. The summed E-state index contributed by atoms with van der Waals surface area (Å²) in [5.74, 6) is -0.500. The van der Waals surface area contributed by atoms with Crippen LogP contribution in [0.1, 0.15) is 5.56 Å². The van der Waals surface area contributed by atoms with Gasteiger partial charge in [-0.25, -0.2) is 4.39 Å². The van der Waals surface area contributed by atoms with Gasteiger partial charge in [0, 0.05) is 23.1 Å². The number of amides is 1. The highest BCUT2D eigenvalue weighted by atomic mass is 79.9. The Bertz CT molecular complexity index is 436. The van der Waals surface area contributed by atoms with E-state index in [2.05, 4.69) is 26.6 Å². The third-order valence-corrected chi connectivity index (χ3v) is 3.19. The van der Waals surface area contributed by atoms with E-state index in [9.17, 15) is 9.18 Å². The number of ether oxygens (including phenoxy) is 1. The Morgan fingerprint density at radius 3 is 3.17 bits per heavy atom. The van der Waals surface area contributed by atoms with Crippen LogP contribution in [0.4, 0.5) is 4.39 Å². The molecule has 1 aliphatic heterocycles. The number of hydrogen-bond acceptors (Lipinski definition) is 3. The highest BCUT2D eigenvalue weighted by molar-refractivity contribution is 9.10. The first-order valence-electron chi connectivity index (χ1n) is 5.69. The molecule has 1 unspecified atom stereocenters. The van der Waals surface area contributed by atoms with E-state index >= 15 is 0 Å². The van der Waals surface area contributed by atoms with Crippen molar-refractivity contribution in [3.05, 3.63) is 34.1 Å². The van der Waals surface area contributed by atoms with E-state index in [1.165, 1.54) is 6.07 Å². The first-order chi connectivity index (χ1) is 8.66. The molecular weight excluding hydrogens is 303 g/mol. The lowest BCUT2D eigenvalue weighted by Crippen LogP contribution is -2.51. The molecule has 0 saturated carbocycles. The lowest BCUT2D eigenvalue weighted by molar-refractivity contribution is -0.126. The normalized spacial score (nSPS) is 19.6. The number of benzene rings is 1. The Hall–Kier alpha value is -0.980. The third-order valence-electron chi connectivity index (χ3n) is 2.70. The van der Waals surface area contributed by atoms with Gasteiger partial charge < -0.3 is 15.4 Å². The van der Waals surface area contributed by atoms with Crippen LogP contribution in [0.3, 0.4) is 0 Å². The second-order valence-electron chi connectivity index (χ2n) is 4.04. The number of morpholine rings is 1. The summed E-state index contributed by atoms with van der Waals surface area (Å²) >= 11 is 3.27. The topological polar surface area (TPSA) is 50.4 Å². The minimum absolute atomic E-state index is 0.169. The molecule has 2 N–H and O–H groups in total. The largest absolute Gasteiger partial charge is 0.378 e. The second-order valence-corrected chi connectivity index (χ2v) is 4.95. The van der Waals surface area contributed by atoms with Crippen molar-refractivity contribution in [2.45, 2.75) is 12.6 Å². The van der Waals surface area contributed by atoms with Crippen molar-refractivity contribution in [2.75, 3.05) is 19.8 Å². The van der Waals surface area contributed by atoms with Gasteiger partial charge in [0.2, 0.25) is 5.91 Å². The van der Waals surface area contributed by atoms with Gasteiger partial charge in [-0.2, -0.15) is 0 Å². The predicted octanol–water partition coefficient (Wildman–Crippen LogP) is 1.19. The molecule has 1 atom stereocenters. The molecule has 0 spiro atoms. The molecule has 0 bridgehead atoms. The van der Waals surface area contributed by atoms with Crippen molar-refractivity contribution < 1.29 is 13.9 Å². The summed E-state index contributed by atoms with van der Waals surface area (Å²) in [6, 6.07) is 4.29. The molecule has 1 heterocycles. The molecule has 2 rings (SSSR count). The smallest absolute Gasteiger partial charge is 0.239 e. The summed E-state index contributed by atoms with van der Waals surface area (Å²) in [6.07, 6.45) is 0. The zero-order valence-corrected chi connectivity index (χ0v) is 11.3. The lowest BCUT2D eigenvalue weighted by atomic mass is 10.2. The number of carbonyl (C=O) groups is 1. The van der Waals surface area contributed by atoms with Crippen molar-refractivity contribution in [3.63, 3.8) is 0 Å². The molecule has 1 aliphatic rings. The van der Waals surface area contributed by atoms with Gasteiger partial charge in [-0.1, -0.05) is 15.9 Å². The molecule has 1 aromatic carbocycles. The van der Waals surface area contributed by atoms with Crippen molar-refractivity contribution in [2.24, 2.45) is 0 Å². The van der Waals surface area contributed by atoms with E-state index in [1.54, 1.807) is 12.1 Å². The van der Waals surface area contributed by atoms with Crippen LogP contribution >= 0.6 is 15.9 Å². The van der Waals surface area contributed by atoms with Gasteiger partial charge in [0.1, 0.15) is 11.9 Å². The summed E-state index contributed by atoms with van der Waals surface area (Å²) in [7, 11) is 0. The van der Waals surface area contributed by atoms with Crippen molar-refractivity contribution in [1.29, 1.82) is 0 Å². The lowest BCUT2D eigenvalue weighted by Gasteiger charge is -2.22. The van der Waals surface area contributed by atoms with Crippen molar-refractivity contribution >= 4 is 21.8 Å². The van der Waals surface area contributed by atoms with Gasteiger partial charge in [-0.3, -0.25) is 4.79 Å². The maximum Gasteiger partial charge on any atom is 0.239 e. The molecule has 1 aromatic rings. The van der Waals surface area contributed by atoms with Gasteiger partial charge >= 0.3 is 0 Å². The molecule has 4 nitrogen and oxygen atoms in total. The molecule has 1 saturated heterocycles.